The van der Waals surface area contributed by atoms with E-state index in [9.17, 15) is 4.79 Å². The standard InChI is InChI=1S/C16H24N2O.ClH/c1-12(15(17)13-8-4-3-5-9-13)16(19)18(2)14-10-6-7-11-14;/h3-5,8-9,12,14-15H,6-7,10-11,17H2,1-2H3;1H. The largest absolute Gasteiger partial charge is 0.342 e. The second-order valence-corrected chi connectivity index (χ2v) is 5.61. The molecule has 2 unspecified atom stereocenters. The molecule has 3 nitrogen and oxygen atoms in total. The lowest BCUT2D eigenvalue weighted by molar-refractivity contribution is -0.136. The van der Waals surface area contributed by atoms with Crippen molar-refractivity contribution >= 4 is 18.3 Å². The van der Waals surface area contributed by atoms with Gasteiger partial charge in [0, 0.05) is 19.1 Å². The summed E-state index contributed by atoms with van der Waals surface area (Å²) in [5.74, 6) is -0.00347. The van der Waals surface area contributed by atoms with Crippen molar-refractivity contribution in [2.45, 2.75) is 44.7 Å². The Kier molecular flexibility index (Phi) is 6.50. The highest BCUT2D eigenvalue weighted by Gasteiger charge is 2.29. The van der Waals surface area contributed by atoms with Crippen LogP contribution in [0.1, 0.15) is 44.2 Å². The summed E-state index contributed by atoms with van der Waals surface area (Å²) in [4.78, 5) is 14.4. The van der Waals surface area contributed by atoms with Crippen LogP contribution in [0.3, 0.4) is 0 Å². The first-order chi connectivity index (χ1) is 9.11. The Labute approximate surface area is 127 Å². The second-order valence-electron chi connectivity index (χ2n) is 5.61. The molecule has 1 aliphatic rings. The van der Waals surface area contributed by atoms with Crippen molar-refractivity contribution in [3.05, 3.63) is 35.9 Å². The molecule has 1 aromatic carbocycles. The summed E-state index contributed by atoms with van der Waals surface area (Å²) in [6.45, 7) is 1.94. The predicted octanol–water partition coefficient (Wildman–Crippen LogP) is 3.15. The number of amides is 1. The van der Waals surface area contributed by atoms with Crippen molar-refractivity contribution in [3.8, 4) is 0 Å². The predicted molar refractivity (Wildman–Crippen MR) is 84.8 cm³/mol. The molecular formula is C16H25ClN2O. The van der Waals surface area contributed by atoms with Gasteiger partial charge in [-0.25, -0.2) is 0 Å². The van der Waals surface area contributed by atoms with Crippen molar-refractivity contribution < 1.29 is 4.79 Å². The highest BCUT2D eigenvalue weighted by atomic mass is 35.5. The van der Waals surface area contributed by atoms with Crippen LogP contribution in [0.4, 0.5) is 0 Å². The summed E-state index contributed by atoms with van der Waals surface area (Å²) in [7, 11) is 1.92. The third-order valence-corrected chi connectivity index (χ3v) is 4.33. The van der Waals surface area contributed by atoms with Crippen molar-refractivity contribution in [1.29, 1.82) is 0 Å². The van der Waals surface area contributed by atoms with Crippen LogP contribution in [0.5, 0.6) is 0 Å². The number of nitrogens with two attached hydrogens (primary N) is 1. The van der Waals surface area contributed by atoms with Gasteiger partial charge in [0.05, 0.1) is 5.92 Å². The van der Waals surface area contributed by atoms with Crippen LogP contribution in [0, 0.1) is 5.92 Å². The molecule has 2 atom stereocenters. The molecule has 0 spiro atoms. The topological polar surface area (TPSA) is 46.3 Å². The van der Waals surface area contributed by atoms with E-state index in [1.165, 1.54) is 12.8 Å². The molecule has 2 N–H and O–H groups in total. The molecule has 1 aromatic rings. The first-order valence-corrected chi connectivity index (χ1v) is 7.18. The number of benzene rings is 1. The quantitative estimate of drug-likeness (QED) is 0.928. The zero-order valence-corrected chi connectivity index (χ0v) is 13.1. The fraction of sp³-hybridized carbons (Fsp3) is 0.562. The van der Waals surface area contributed by atoms with E-state index in [4.69, 9.17) is 5.73 Å². The second kappa shape index (κ2) is 7.65. The van der Waals surface area contributed by atoms with Crippen molar-refractivity contribution in [3.63, 3.8) is 0 Å². The molecule has 1 amide bonds. The SMILES string of the molecule is CC(C(=O)N(C)C1CCCC1)C(N)c1ccccc1.Cl. The lowest BCUT2D eigenvalue weighted by Gasteiger charge is -2.29. The van der Waals surface area contributed by atoms with Crippen LogP contribution in [-0.4, -0.2) is 23.9 Å². The van der Waals surface area contributed by atoms with Crippen LogP contribution < -0.4 is 5.73 Å². The maximum Gasteiger partial charge on any atom is 0.227 e. The molecule has 0 radical (unpaired) electrons. The summed E-state index contributed by atoms with van der Waals surface area (Å²) < 4.78 is 0. The average molecular weight is 297 g/mol. The molecule has 1 saturated carbocycles. The van der Waals surface area contributed by atoms with Crippen molar-refractivity contribution in [2.24, 2.45) is 11.7 Å². The summed E-state index contributed by atoms with van der Waals surface area (Å²) in [6, 6.07) is 10.1. The number of nitrogens with zero attached hydrogens (tertiary/aromatic N) is 1. The monoisotopic (exact) mass is 296 g/mol. The summed E-state index contributed by atoms with van der Waals surface area (Å²) in [6.07, 6.45) is 4.74. The molecule has 2 rings (SSSR count). The van der Waals surface area contributed by atoms with E-state index >= 15 is 0 Å². The van der Waals surface area contributed by atoms with Gasteiger partial charge < -0.3 is 10.6 Å². The minimum absolute atomic E-state index is 0. The first-order valence-electron chi connectivity index (χ1n) is 7.18. The summed E-state index contributed by atoms with van der Waals surface area (Å²) >= 11 is 0. The van der Waals surface area contributed by atoms with Crippen LogP contribution in [0.25, 0.3) is 0 Å². The Morgan fingerprint density at radius 3 is 2.35 bits per heavy atom. The molecule has 4 heteroatoms. The Morgan fingerprint density at radius 1 is 1.25 bits per heavy atom. The molecule has 20 heavy (non-hydrogen) atoms. The lowest BCUT2D eigenvalue weighted by Crippen LogP contribution is -2.41. The number of rotatable bonds is 4. The Balaban J connectivity index is 0.00000200. The van der Waals surface area contributed by atoms with E-state index in [0.29, 0.717) is 6.04 Å². The van der Waals surface area contributed by atoms with Crippen LogP contribution in [0.2, 0.25) is 0 Å². The van der Waals surface area contributed by atoms with E-state index in [0.717, 1.165) is 18.4 Å². The maximum absolute atomic E-state index is 12.5. The summed E-state index contributed by atoms with van der Waals surface area (Å²) in [5.41, 5.74) is 7.26. The third kappa shape index (κ3) is 3.74. The molecular weight excluding hydrogens is 272 g/mol. The van der Waals surface area contributed by atoms with Crippen molar-refractivity contribution in [2.75, 3.05) is 7.05 Å². The maximum atomic E-state index is 12.5. The van der Waals surface area contributed by atoms with E-state index in [1.807, 2.05) is 49.2 Å². The first kappa shape index (κ1) is 17.0. The molecule has 112 valence electrons. The van der Waals surface area contributed by atoms with Gasteiger partial charge in [-0.1, -0.05) is 50.1 Å². The zero-order valence-electron chi connectivity index (χ0n) is 12.3. The van der Waals surface area contributed by atoms with E-state index in [-0.39, 0.29) is 30.3 Å². The average Bonchev–Trinajstić information content (AvgIpc) is 2.99. The fourth-order valence-corrected chi connectivity index (χ4v) is 2.91. The molecule has 0 heterocycles. The molecule has 0 saturated heterocycles. The molecule has 0 aliphatic heterocycles. The van der Waals surface area contributed by atoms with Crippen LogP contribution in [0.15, 0.2) is 30.3 Å². The zero-order chi connectivity index (χ0) is 13.8. The normalized spacial score (nSPS) is 18.1. The van der Waals surface area contributed by atoms with Gasteiger partial charge in [0.25, 0.3) is 0 Å². The number of halogens is 1. The van der Waals surface area contributed by atoms with Gasteiger partial charge in [0.1, 0.15) is 0 Å². The molecule has 0 aromatic heterocycles. The lowest BCUT2D eigenvalue weighted by atomic mass is 9.94. The highest BCUT2D eigenvalue weighted by molar-refractivity contribution is 5.85. The van der Waals surface area contributed by atoms with Gasteiger partial charge in [-0.15, -0.1) is 12.4 Å². The molecule has 1 aliphatic carbocycles. The molecule has 1 fully saturated rings. The van der Waals surface area contributed by atoms with Gasteiger partial charge >= 0.3 is 0 Å². The minimum Gasteiger partial charge on any atom is -0.342 e. The van der Waals surface area contributed by atoms with Crippen LogP contribution in [-0.2, 0) is 4.79 Å². The van der Waals surface area contributed by atoms with E-state index < -0.39 is 0 Å². The number of carbonyl (C=O) groups is 1. The molecule has 0 bridgehead atoms. The number of carbonyl (C=O) groups excluding carboxylic acids is 1. The third-order valence-electron chi connectivity index (χ3n) is 4.33. The Morgan fingerprint density at radius 2 is 1.80 bits per heavy atom. The van der Waals surface area contributed by atoms with E-state index in [1.54, 1.807) is 0 Å². The van der Waals surface area contributed by atoms with Gasteiger partial charge in [0.2, 0.25) is 5.91 Å². The minimum atomic E-state index is -0.224. The fourth-order valence-electron chi connectivity index (χ4n) is 2.91. The van der Waals surface area contributed by atoms with Gasteiger partial charge in [-0.2, -0.15) is 0 Å². The smallest absolute Gasteiger partial charge is 0.227 e. The number of hydrogen-bond acceptors (Lipinski definition) is 2. The summed E-state index contributed by atoms with van der Waals surface area (Å²) in [5, 5.41) is 0. The van der Waals surface area contributed by atoms with Gasteiger partial charge in [-0.05, 0) is 18.4 Å². The Bertz CT molecular complexity index is 418. The van der Waals surface area contributed by atoms with Gasteiger partial charge in [0.15, 0.2) is 0 Å². The number of hydrogen-bond donors (Lipinski definition) is 1. The van der Waals surface area contributed by atoms with Gasteiger partial charge in [-0.3, -0.25) is 4.79 Å². The van der Waals surface area contributed by atoms with Crippen molar-refractivity contribution in [1.82, 2.24) is 4.90 Å². The van der Waals surface area contributed by atoms with E-state index in [2.05, 4.69) is 0 Å². The Hall–Kier alpha value is -1.06. The van der Waals surface area contributed by atoms with Crippen LogP contribution >= 0.6 is 12.4 Å². The highest BCUT2D eigenvalue weighted by Crippen LogP contribution is 2.26.